The second kappa shape index (κ2) is 6.64. The van der Waals surface area contributed by atoms with E-state index >= 15 is 0 Å². The van der Waals surface area contributed by atoms with Crippen molar-refractivity contribution in [1.29, 1.82) is 0 Å². The summed E-state index contributed by atoms with van der Waals surface area (Å²) in [5.41, 5.74) is 3.98. The van der Waals surface area contributed by atoms with E-state index < -0.39 is 6.10 Å². The van der Waals surface area contributed by atoms with Crippen molar-refractivity contribution in [1.82, 2.24) is 0 Å². The molecule has 1 unspecified atom stereocenters. The van der Waals surface area contributed by atoms with Gasteiger partial charge >= 0.3 is 0 Å². The van der Waals surface area contributed by atoms with Crippen molar-refractivity contribution in [3.8, 4) is 11.5 Å². The third kappa shape index (κ3) is 3.37. The Balaban J connectivity index is 2.34. The first-order chi connectivity index (χ1) is 10.1. The number of aliphatic hydroxyl groups excluding tert-OH is 1. The zero-order chi connectivity index (χ0) is 15.4. The monoisotopic (exact) mass is 286 g/mol. The highest BCUT2D eigenvalue weighted by atomic mass is 16.5. The van der Waals surface area contributed by atoms with Gasteiger partial charge in [0.1, 0.15) is 11.5 Å². The van der Waals surface area contributed by atoms with E-state index in [-0.39, 0.29) is 0 Å². The van der Waals surface area contributed by atoms with Crippen LogP contribution in [0.4, 0.5) is 0 Å². The maximum atomic E-state index is 10.6. The van der Waals surface area contributed by atoms with E-state index in [4.69, 9.17) is 9.47 Å². The smallest absolute Gasteiger partial charge is 0.125 e. The first-order valence-electron chi connectivity index (χ1n) is 7.02. The molecule has 0 aliphatic carbocycles. The van der Waals surface area contributed by atoms with Gasteiger partial charge in [0.15, 0.2) is 0 Å². The summed E-state index contributed by atoms with van der Waals surface area (Å²) in [5.74, 6) is 1.52. The highest BCUT2D eigenvalue weighted by Crippen LogP contribution is 2.33. The molecule has 0 fully saturated rings. The lowest BCUT2D eigenvalue weighted by Gasteiger charge is -2.19. The molecular formula is C18H22O3. The van der Waals surface area contributed by atoms with Crippen LogP contribution in [0.2, 0.25) is 0 Å². The number of aryl methyl sites for hydroxylation is 2. The van der Waals surface area contributed by atoms with Gasteiger partial charge in [0.05, 0.1) is 20.3 Å². The Hall–Kier alpha value is -2.00. The predicted octanol–water partition coefficient (Wildman–Crippen LogP) is 3.60. The van der Waals surface area contributed by atoms with Gasteiger partial charge in [-0.25, -0.2) is 0 Å². The topological polar surface area (TPSA) is 38.7 Å². The van der Waals surface area contributed by atoms with Crippen LogP contribution in [0.3, 0.4) is 0 Å². The van der Waals surface area contributed by atoms with Gasteiger partial charge in [-0.15, -0.1) is 0 Å². The molecule has 21 heavy (non-hydrogen) atoms. The first kappa shape index (κ1) is 15.4. The molecule has 1 N–H and O–H groups in total. The maximum Gasteiger partial charge on any atom is 0.125 e. The van der Waals surface area contributed by atoms with Gasteiger partial charge in [-0.1, -0.05) is 24.3 Å². The minimum absolute atomic E-state index is 0.490. The van der Waals surface area contributed by atoms with E-state index in [9.17, 15) is 5.11 Å². The molecule has 0 aromatic heterocycles. The second-order valence-corrected chi connectivity index (χ2v) is 5.23. The molecule has 1 atom stereocenters. The van der Waals surface area contributed by atoms with Crippen LogP contribution in [0.25, 0.3) is 0 Å². The van der Waals surface area contributed by atoms with E-state index in [0.29, 0.717) is 6.42 Å². The van der Waals surface area contributed by atoms with Crippen molar-refractivity contribution in [3.05, 3.63) is 58.7 Å². The summed E-state index contributed by atoms with van der Waals surface area (Å²) >= 11 is 0. The number of methoxy groups -OCH3 is 2. The molecule has 2 rings (SSSR count). The van der Waals surface area contributed by atoms with Crippen LogP contribution in [0.1, 0.15) is 28.4 Å². The fourth-order valence-electron chi connectivity index (χ4n) is 2.72. The summed E-state index contributed by atoms with van der Waals surface area (Å²) in [6.45, 7) is 4.02. The van der Waals surface area contributed by atoms with Crippen LogP contribution in [0.15, 0.2) is 36.4 Å². The van der Waals surface area contributed by atoms with Crippen LogP contribution >= 0.6 is 0 Å². The lowest BCUT2D eigenvalue weighted by atomic mass is 9.95. The van der Waals surface area contributed by atoms with Gasteiger partial charge in [-0.3, -0.25) is 0 Å². The summed E-state index contributed by atoms with van der Waals surface area (Å²) in [5, 5.41) is 10.6. The first-order valence-corrected chi connectivity index (χ1v) is 7.02. The summed E-state index contributed by atoms with van der Waals surface area (Å²) in [7, 11) is 3.27. The summed E-state index contributed by atoms with van der Waals surface area (Å²) < 4.78 is 10.8. The van der Waals surface area contributed by atoms with Gasteiger partial charge in [-0.05, 0) is 42.7 Å². The second-order valence-electron chi connectivity index (χ2n) is 5.23. The van der Waals surface area contributed by atoms with Crippen LogP contribution in [-0.4, -0.2) is 19.3 Å². The predicted molar refractivity (Wildman–Crippen MR) is 84.1 cm³/mol. The third-order valence-corrected chi connectivity index (χ3v) is 3.65. The average molecular weight is 286 g/mol. The van der Waals surface area contributed by atoms with Crippen LogP contribution in [-0.2, 0) is 6.42 Å². The number of para-hydroxylation sites is 1. The van der Waals surface area contributed by atoms with Gasteiger partial charge in [0, 0.05) is 12.0 Å². The van der Waals surface area contributed by atoms with E-state index in [1.165, 1.54) is 0 Å². The highest BCUT2D eigenvalue weighted by molar-refractivity contribution is 5.45. The molecule has 0 heterocycles. The van der Waals surface area contributed by atoms with Crippen molar-refractivity contribution >= 4 is 0 Å². The number of benzene rings is 2. The van der Waals surface area contributed by atoms with E-state index in [0.717, 1.165) is 33.8 Å². The molecule has 0 saturated heterocycles. The normalized spacial score (nSPS) is 12.0. The third-order valence-electron chi connectivity index (χ3n) is 3.65. The molecule has 0 bridgehead atoms. The fraction of sp³-hybridized carbons (Fsp3) is 0.333. The van der Waals surface area contributed by atoms with Crippen LogP contribution < -0.4 is 9.47 Å². The van der Waals surface area contributed by atoms with Gasteiger partial charge in [0.25, 0.3) is 0 Å². The van der Waals surface area contributed by atoms with Crippen LogP contribution in [0, 0.1) is 13.8 Å². The van der Waals surface area contributed by atoms with E-state index in [1.54, 1.807) is 14.2 Å². The standard InChI is InChI=1S/C18H22O3/c1-12-9-13(2)18(17(10-12)21-4)15(19)11-14-7-5-6-8-16(14)20-3/h5-10,15,19H,11H2,1-4H3. The molecule has 0 radical (unpaired) electrons. The van der Waals surface area contributed by atoms with E-state index in [2.05, 4.69) is 6.07 Å². The number of aliphatic hydroxyl groups is 1. The SMILES string of the molecule is COc1ccccc1CC(O)c1c(C)cc(C)cc1OC. The molecule has 3 nitrogen and oxygen atoms in total. The molecule has 0 spiro atoms. The minimum atomic E-state index is -0.628. The molecule has 3 heteroatoms. The Kier molecular flexibility index (Phi) is 4.86. The van der Waals surface area contributed by atoms with Gasteiger partial charge in [0.2, 0.25) is 0 Å². The summed E-state index contributed by atoms with van der Waals surface area (Å²) in [6, 6.07) is 11.8. The molecular weight excluding hydrogens is 264 g/mol. The molecule has 2 aromatic carbocycles. The van der Waals surface area contributed by atoms with Crippen molar-refractivity contribution in [2.75, 3.05) is 14.2 Å². The van der Waals surface area contributed by atoms with E-state index in [1.807, 2.05) is 44.2 Å². The zero-order valence-electron chi connectivity index (χ0n) is 13.0. The van der Waals surface area contributed by atoms with Gasteiger partial charge < -0.3 is 14.6 Å². The molecule has 2 aromatic rings. The minimum Gasteiger partial charge on any atom is -0.496 e. The van der Waals surface area contributed by atoms with Crippen LogP contribution in [0.5, 0.6) is 11.5 Å². The maximum absolute atomic E-state index is 10.6. The average Bonchev–Trinajstić information content (AvgIpc) is 2.46. The molecule has 0 amide bonds. The lowest BCUT2D eigenvalue weighted by Crippen LogP contribution is -2.07. The number of ether oxygens (including phenoxy) is 2. The highest BCUT2D eigenvalue weighted by Gasteiger charge is 2.18. The largest absolute Gasteiger partial charge is 0.496 e. The van der Waals surface area contributed by atoms with Crippen molar-refractivity contribution in [2.24, 2.45) is 0 Å². The van der Waals surface area contributed by atoms with Gasteiger partial charge in [-0.2, -0.15) is 0 Å². The number of rotatable bonds is 5. The summed E-state index contributed by atoms with van der Waals surface area (Å²) in [6.07, 6.45) is -0.138. The Morgan fingerprint density at radius 2 is 1.67 bits per heavy atom. The molecule has 0 aliphatic heterocycles. The fourth-order valence-corrected chi connectivity index (χ4v) is 2.72. The molecule has 0 saturated carbocycles. The lowest BCUT2D eigenvalue weighted by molar-refractivity contribution is 0.172. The Morgan fingerprint density at radius 1 is 1.00 bits per heavy atom. The molecule has 0 aliphatic rings. The number of hydrogen-bond acceptors (Lipinski definition) is 3. The quantitative estimate of drug-likeness (QED) is 0.912. The summed E-state index contributed by atoms with van der Waals surface area (Å²) in [4.78, 5) is 0. The molecule has 112 valence electrons. The zero-order valence-corrected chi connectivity index (χ0v) is 13.0. The van der Waals surface area contributed by atoms with Crippen molar-refractivity contribution < 1.29 is 14.6 Å². The Morgan fingerprint density at radius 3 is 2.33 bits per heavy atom. The Bertz CT molecular complexity index is 620. The van der Waals surface area contributed by atoms with Crippen molar-refractivity contribution in [3.63, 3.8) is 0 Å². The Labute approximate surface area is 126 Å². The van der Waals surface area contributed by atoms with Crippen molar-refractivity contribution in [2.45, 2.75) is 26.4 Å². The number of hydrogen-bond donors (Lipinski definition) is 1.